The molecule has 0 amide bonds. The van der Waals surface area contributed by atoms with Gasteiger partial charge >= 0.3 is 0 Å². The predicted molar refractivity (Wildman–Crippen MR) is 101 cm³/mol. The van der Waals surface area contributed by atoms with E-state index in [4.69, 9.17) is 21.1 Å². The molecule has 0 saturated carbocycles. The Bertz CT molecular complexity index is 905. The molecule has 1 aromatic heterocycles. The summed E-state index contributed by atoms with van der Waals surface area (Å²) in [5.41, 5.74) is 4.40. The standard InChI is InChI=1S/C19H22ClN3O2/c1-12-22-16-8-13(5-6-17(16)23(12)2)10-21-11-14-7-15(20)19(25-4)18(9-14)24-3/h5-9,21H,10-11H2,1-4H3. The summed E-state index contributed by atoms with van der Waals surface area (Å²) in [6.45, 7) is 3.44. The van der Waals surface area contributed by atoms with Crippen molar-refractivity contribution in [3.05, 3.63) is 52.3 Å². The van der Waals surface area contributed by atoms with Crippen LogP contribution in [0.1, 0.15) is 17.0 Å². The molecular formula is C19H22ClN3O2. The molecular weight excluding hydrogens is 338 g/mol. The van der Waals surface area contributed by atoms with Crippen LogP contribution in [0.2, 0.25) is 5.02 Å². The Morgan fingerprint density at radius 3 is 2.56 bits per heavy atom. The van der Waals surface area contributed by atoms with Gasteiger partial charge in [0.25, 0.3) is 0 Å². The number of nitrogens with zero attached hydrogens (tertiary/aromatic N) is 2. The van der Waals surface area contributed by atoms with Gasteiger partial charge in [-0.1, -0.05) is 17.7 Å². The van der Waals surface area contributed by atoms with Gasteiger partial charge in [-0.3, -0.25) is 0 Å². The van der Waals surface area contributed by atoms with E-state index in [1.165, 1.54) is 5.56 Å². The Balaban J connectivity index is 1.69. The maximum atomic E-state index is 6.25. The average molecular weight is 360 g/mol. The highest BCUT2D eigenvalue weighted by atomic mass is 35.5. The molecule has 5 nitrogen and oxygen atoms in total. The van der Waals surface area contributed by atoms with Crippen molar-refractivity contribution in [2.75, 3.05) is 14.2 Å². The number of benzene rings is 2. The van der Waals surface area contributed by atoms with E-state index in [9.17, 15) is 0 Å². The van der Waals surface area contributed by atoms with E-state index in [1.807, 2.05) is 26.1 Å². The second kappa shape index (κ2) is 7.33. The molecule has 0 bridgehead atoms. The third-order valence-electron chi connectivity index (χ3n) is 4.32. The molecule has 3 aromatic rings. The summed E-state index contributed by atoms with van der Waals surface area (Å²) in [6.07, 6.45) is 0. The number of hydrogen-bond donors (Lipinski definition) is 1. The molecule has 6 heteroatoms. The van der Waals surface area contributed by atoms with Crippen molar-refractivity contribution < 1.29 is 9.47 Å². The monoisotopic (exact) mass is 359 g/mol. The second-order valence-electron chi connectivity index (χ2n) is 5.96. The number of aromatic nitrogens is 2. The maximum absolute atomic E-state index is 6.25. The Kier molecular flexibility index (Phi) is 5.16. The summed E-state index contributed by atoms with van der Waals surface area (Å²) in [4.78, 5) is 4.58. The van der Waals surface area contributed by atoms with Crippen LogP contribution >= 0.6 is 11.6 Å². The van der Waals surface area contributed by atoms with Crippen LogP contribution in [0.4, 0.5) is 0 Å². The van der Waals surface area contributed by atoms with Crippen molar-refractivity contribution in [2.45, 2.75) is 20.0 Å². The minimum atomic E-state index is 0.545. The lowest BCUT2D eigenvalue weighted by Gasteiger charge is -2.12. The molecule has 0 aliphatic heterocycles. The van der Waals surface area contributed by atoms with Crippen molar-refractivity contribution in [1.82, 2.24) is 14.9 Å². The molecule has 0 spiro atoms. The van der Waals surface area contributed by atoms with Crippen LogP contribution in [0.15, 0.2) is 30.3 Å². The van der Waals surface area contributed by atoms with Crippen LogP contribution in [-0.2, 0) is 20.1 Å². The van der Waals surface area contributed by atoms with Crippen LogP contribution in [0.5, 0.6) is 11.5 Å². The summed E-state index contributed by atoms with van der Waals surface area (Å²) < 4.78 is 12.7. The minimum Gasteiger partial charge on any atom is -0.493 e. The summed E-state index contributed by atoms with van der Waals surface area (Å²) >= 11 is 6.25. The number of hydrogen-bond acceptors (Lipinski definition) is 4. The second-order valence-corrected chi connectivity index (χ2v) is 6.37. The smallest absolute Gasteiger partial charge is 0.179 e. The molecule has 25 heavy (non-hydrogen) atoms. The van der Waals surface area contributed by atoms with Gasteiger partial charge in [-0.05, 0) is 42.3 Å². The van der Waals surface area contributed by atoms with Gasteiger partial charge in [0.2, 0.25) is 0 Å². The van der Waals surface area contributed by atoms with Crippen molar-refractivity contribution in [3.8, 4) is 11.5 Å². The van der Waals surface area contributed by atoms with Gasteiger partial charge < -0.3 is 19.4 Å². The van der Waals surface area contributed by atoms with E-state index in [-0.39, 0.29) is 0 Å². The zero-order valence-corrected chi connectivity index (χ0v) is 15.6. The van der Waals surface area contributed by atoms with Crippen LogP contribution in [0.25, 0.3) is 11.0 Å². The van der Waals surface area contributed by atoms with E-state index in [0.29, 0.717) is 23.1 Å². The largest absolute Gasteiger partial charge is 0.493 e. The number of aryl methyl sites for hydroxylation is 2. The van der Waals surface area contributed by atoms with Crippen LogP contribution in [0, 0.1) is 6.92 Å². The lowest BCUT2D eigenvalue weighted by Crippen LogP contribution is -2.13. The number of imidazole rings is 1. The molecule has 3 rings (SSSR count). The number of rotatable bonds is 6. The SMILES string of the molecule is COc1cc(CNCc2ccc3c(c2)nc(C)n3C)cc(Cl)c1OC. The summed E-state index contributed by atoms with van der Waals surface area (Å²) in [5, 5.41) is 3.98. The number of methoxy groups -OCH3 is 2. The van der Waals surface area contributed by atoms with Gasteiger partial charge in [0.1, 0.15) is 5.82 Å². The number of ether oxygens (including phenoxy) is 2. The fourth-order valence-electron chi connectivity index (χ4n) is 2.90. The van der Waals surface area contributed by atoms with Gasteiger partial charge in [0.05, 0.1) is 30.3 Å². The van der Waals surface area contributed by atoms with Crippen molar-refractivity contribution in [1.29, 1.82) is 0 Å². The zero-order chi connectivity index (χ0) is 18.0. The quantitative estimate of drug-likeness (QED) is 0.726. The summed E-state index contributed by atoms with van der Waals surface area (Å²) in [6, 6.07) is 10.2. The first-order valence-electron chi connectivity index (χ1n) is 8.06. The van der Waals surface area contributed by atoms with Gasteiger partial charge in [0, 0.05) is 20.1 Å². The molecule has 0 atom stereocenters. The van der Waals surface area contributed by atoms with E-state index in [1.54, 1.807) is 14.2 Å². The molecule has 0 fully saturated rings. The van der Waals surface area contributed by atoms with Crippen molar-refractivity contribution in [3.63, 3.8) is 0 Å². The Labute approximate surface area is 152 Å². The number of halogens is 1. The van der Waals surface area contributed by atoms with Crippen molar-refractivity contribution >= 4 is 22.6 Å². The van der Waals surface area contributed by atoms with Gasteiger partial charge in [-0.2, -0.15) is 0 Å². The highest BCUT2D eigenvalue weighted by molar-refractivity contribution is 6.32. The predicted octanol–water partition coefficient (Wildman–Crippen LogP) is 3.84. The molecule has 0 aliphatic carbocycles. The highest BCUT2D eigenvalue weighted by Gasteiger charge is 2.11. The topological polar surface area (TPSA) is 48.3 Å². The van der Waals surface area contributed by atoms with Crippen LogP contribution < -0.4 is 14.8 Å². The van der Waals surface area contributed by atoms with Crippen LogP contribution in [0.3, 0.4) is 0 Å². The molecule has 0 aliphatic rings. The lowest BCUT2D eigenvalue weighted by molar-refractivity contribution is 0.354. The van der Waals surface area contributed by atoms with E-state index >= 15 is 0 Å². The Morgan fingerprint density at radius 1 is 1.08 bits per heavy atom. The molecule has 1 N–H and O–H groups in total. The Hall–Kier alpha value is -2.24. The van der Waals surface area contributed by atoms with Crippen molar-refractivity contribution in [2.24, 2.45) is 7.05 Å². The van der Waals surface area contributed by atoms with E-state index in [2.05, 4.69) is 33.1 Å². The van der Waals surface area contributed by atoms with Gasteiger partial charge in [-0.15, -0.1) is 0 Å². The summed E-state index contributed by atoms with van der Waals surface area (Å²) in [5.74, 6) is 2.21. The first kappa shape index (κ1) is 17.6. The lowest BCUT2D eigenvalue weighted by atomic mass is 10.1. The first-order valence-corrected chi connectivity index (χ1v) is 8.44. The third-order valence-corrected chi connectivity index (χ3v) is 4.60. The fraction of sp³-hybridized carbons (Fsp3) is 0.316. The highest BCUT2D eigenvalue weighted by Crippen LogP contribution is 2.35. The Morgan fingerprint density at radius 2 is 1.84 bits per heavy atom. The molecule has 132 valence electrons. The molecule has 1 heterocycles. The minimum absolute atomic E-state index is 0.545. The summed E-state index contributed by atoms with van der Waals surface area (Å²) in [7, 11) is 5.22. The van der Waals surface area contributed by atoms with Crippen LogP contribution in [-0.4, -0.2) is 23.8 Å². The van der Waals surface area contributed by atoms with Gasteiger partial charge in [0.15, 0.2) is 11.5 Å². The molecule has 2 aromatic carbocycles. The maximum Gasteiger partial charge on any atom is 0.179 e. The normalized spacial score (nSPS) is 11.1. The molecule has 0 radical (unpaired) electrons. The number of nitrogens with one attached hydrogen (secondary N) is 1. The van der Waals surface area contributed by atoms with E-state index < -0.39 is 0 Å². The number of fused-ring (bicyclic) bond motifs is 1. The first-order chi connectivity index (χ1) is 12.0. The van der Waals surface area contributed by atoms with Gasteiger partial charge in [-0.25, -0.2) is 4.98 Å². The third kappa shape index (κ3) is 3.57. The zero-order valence-electron chi connectivity index (χ0n) is 14.9. The fourth-order valence-corrected chi connectivity index (χ4v) is 3.21. The average Bonchev–Trinajstić information content (AvgIpc) is 2.88. The molecule has 0 unspecified atom stereocenters. The van der Waals surface area contributed by atoms with E-state index in [0.717, 1.165) is 29.0 Å². The molecule has 0 saturated heterocycles.